The first-order chi connectivity index (χ1) is 10.2. The number of nitrogens with zero attached hydrogens (tertiary/aromatic N) is 2. The number of aliphatic hydroxyl groups excluding tert-OH is 1. The number of hydrogen-bond donors (Lipinski definition) is 2. The molecule has 0 bridgehead atoms. The van der Waals surface area contributed by atoms with Crippen LogP contribution in [0.15, 0.2) is 18.2 Å². The maximum absolute atomic E-state index is 11.1. The molecule has 6 heteroatoms. The number of carboxylic acids is 1. The average Bonchev–Trinajstić information content (AvgIpc) is 3.25. The fourth-order valence-electron chi connectivity index (χ4n) is 2.66. The number of rotatable bonds is 6. The minimum atomic E-state index is -0.963. The zero-order chi connectivity index (χ0) is 15.0. The second-order valence-electron chi connectivity index (χ2n) is 5.41. The molecule has 0 aliphatic heterocycles. The van der Waals surface area contributed by atoms with Crippen LogP contribution in [0.5, 0.6) is 0 Å². The van der Waals surface area contributed by atoms with E-state index in [4.69, 9.17) is 9.84 Å². The van der Waals surface area contributed by atoms with Crippen molar-refractivity contribution in [1.29, 1.82) is 0 Å². The number of fused-ring (bicyclic) bond motifs is 1. The Morgan fingerprint density at radius 2 is 2.29 bits per heavy atom. The predicted octanol–water partition coefficient (Wildman–Crippen LogP) is 1.79. The summed E-state index contributed by atoms with van der Waals surface area (Å²) in [5, 5.41) is 18.7. The van der Waals surface area contributed by atoms with Crippen LogP contribution in [0.1, 0.15) is 41.0 Å². The lowest BCUT2D eigenvalue weighted by Gasteiger charge is -2.19. The van der Waals surface area contributed by atoms with Gasteiger partial charge in [-0.3, -0.25) is 0 Å². The van der Waals surface area contributed by atoms with Crippen LogP contribution in [-0.2, 0) is 4.74 Å². The SMILES string of the molecule is COCC(CO)n1c(C2CC2)nc2cc(C(=O)O)ccc21. The molecular formula is C15H18N2O4. The van der Waals surface area contributed by atoms with Gasteiger partial charge >= 0.3 is 5.97 Å². The van der Waals surface area contributed by atoms with Crippen molar-refractivity contribution < 1.29 is 19.7 Å². The van der Waals surface area contributed by atoms with Crippen LogP contribution in [0.2, 0.25) is 0 Å². The van der Waals surface area contributed by atoms with E-state index < -0.39 is 5.97 Å². The number of aromatic carboxylic acids is 1. The molecule has 2 aromatic rings. The Morgan fingerprint density at radius 1 is 1.52 bits per heavy atom. The number of aliphatic hydroxyl groups is 1. The van der Waals surface area contributed by atoms with E-state index in [-0.39, 0.29) is 18.2 Å². The molecule has 1 aliphatic rings. The highest BCUT2D eigenvalue weighted by atomic mass is 16.5. The van der Waals surface area contributed by atoms with Crippen LogP contribution in [0.4, 0.5) is 0 Å². The van der Waals surface area contributed by atoms with Crippen LogP contribution in [0.25, 0.3) is 11.0 Å². The minimum Gasteiger partial charge on any atom is -0.478 e. The third-order valence-electron chi connectivity index (χ3n) is 3.84. The fraction of sp³-hybridized carbons (Fsp3) is 0.467. The van der Waals surface area contributed by atoms with E-state index in [2.05, 4.69) is 4.98 Å². The first kappa shape index (κ1) is 14.0. The van der Waals surface area contributed by atoms with Crippen molar-refractivity contribution in [2.75, 3.05) is 20.3 Å². The molecule has 0 saturated heterocycles. The van der Waals surface area contributed by atoms with Gasteiger partial charge in [0.1, 0.15) is 5.82 Å². The molecule has 1 heterocycles. The molecule has 1 saturated carbocycles. The van der Waals surface area contributed by atoms with Crippen molar-refractivity contribution in [3.05, 3.63) is 29.6 Å². The lowest BCUT2D eigenvalue weighted by atomic mass is 10.2. The van der Waals surface area contributed by atoms with Crippen LogP contribution in [0, 0.1) is 0 Å². The molecule has 1 aliphatic carbocycles. The summed E-state index contributed by atoms with van der Waals surface area (Å²) in [6, 6.07) is 4.71. The molecule has 1 fully saturated rings. The molecule has 0 spiro atoms. The van der Waals surface area contributed by atoms with E-state index in [0.29, 0.717) is 18.0 Å². The van der Waals surface area contributed by atoms with Crippen LogP contribution >= 0.6 is 0 Å². The van der Waals surface area contributed by atoms with E-state index in [0.717, 1.165) is 24.2 Å². The second-order valence-corrected chi connectivity index (χ2v) is 5.41. The molecule has 1 aromatic heterocycles. The van der Waals surface area contributed by atoms with E-state index in [9.17, 15) is 9.90 Å². The quantitative estimate of drug-likeness (QED) is 0.847. The molecule has 6 nitrogen and oxygen atoms in total. The van der Waals surface area contributed by atoms with Crippen molar-refractivity contribution in [3.63, 3.8) is 0 Å². The van der Waals surface area contributed by atoms with Gasteiger partial charge in [0, 0.05) is 13.0 Å². The molecule has 3 rings (SSSR count). The largest absolute Gasteiger partial charge is 0.478 e. The molecular weight excluding hydrogens is 272 g/mol. The van der Waals surface area contributed by atoms with E-state index in [1.54, 1.807) is 25.3 Å². The lowest BCUT2D eigenvalue weighted by Crippen LogP contribution is -2.20. The number of carbonyl (C=O) groups is 1. The van der Waals surface area contributed by atoms with Crippen LogP contribution < -0.4 is 0 Å². The first-order valence-corrected chi connectivity index (χ1v) is 7.00. The average molecular weight is 290 g/mol. The van der Waals surface area contributed by atoms with E-state index >= 15 is 0 Å². The normalized spacial score (nSPS) is 16.3. The number of carboxylic acid groups (broad SMARTS) is 1. The number of imidazole rings is 1. The Kier molecular flexibility index (Phi) is 3.65. The zero-order valence-electron chi connectivity index (χ0n) is 11.8. The van der Waals surface area contributed by atoms with Gasteiger partial charge in [-0.25, -0.2) is 9.78 Å². The Hall–Kier alpha value is -1.92. The molecule has 1 aromatic carbocycles. The molecule has 0 radical (unpaired) electrons. The molecule has 2 N–H and O–H groups in total. The van der Waals surface area contributed by atoms with Gasteiger partial charge in [-0.15, -0.1) is 0 Å². The molecule has 0 amide bonds. The van der Waals surface area contributed by atoms with Gasteiger partial charge in [-0.2, -0.15) is 0 Å². The van der Waals surface area contributed by atoms with Crippen LogP contribution in [0.3, 0.4) is 0 Å². The summed E-state index contributed by atoms with van der Waals surface area (Å²) in [5.41, 5.74) is 1.73. The number of hydrogen-bond acceptors (Lipinski definition) is 4. The van der Waals surface area contributed by atoms with Gasteiger partial charge in [0.15, 0.2) is 0 Å². The molecule has 1 unspecified atom stereocenters. The van der Waals surface area contributed by atoms with Gasteiger partial charge in [-0.1, -0.05) is 0 Å². The van der Waals surface area contributed by atoms with E-state index in [1.165, 1.54) is 0 Å². The predicted molar refractivity (Wildman–Crippen MR) is 76.7 cm³/mol. The number of ether oxygens (including phenoxy) is 1. The van der Waals surface area contributed by atoms with Gasteiger partial charge in [0.25, 0.3) is 0 Å². The summed E-state index contributed by atoms with van der Waals surface area (Å²) in [6.45, 7) is 0.349. The summed E-state index contributed by atoms with van der Waals surface area (Å²) >= 11 is 0. The van der Waals surface area contributed by atoms with Crippen molar-refractivity contribution >= 4 is 17.0 Å². The maximum atomic E-state index is 11.1. The van der Waals surface area contributed by atoms with Crippen molar-refractivity contribution in [2.45, 2.75) is 24.8 Å². The monoisotopic (exact) mass is 290 g/mol. The summed E-state index contributed by atoms with van der Waals surface area (Å²) in [6.07, 6.45) is 2.17. The molecule has 1 atom stereocenters. The minimum absolute atomic E-state index is 0.0420. The highest BCUT2D eigenvalue weighted by Gasteiger charge is 2.31. The standard InChI is InChI=1S/C15H18N2O4/c1-21-8-11(7-18)17-13-5-4-10(15(19)20)6-12(13)16-14(17)9-2-3-9/h4-6,9,11,18H,2-3,7-8H2,1H3,(H,19,20). The summed E-state index contributed by atoms with van der Waals surface area (Å²) in [7, 11) is 1.60. The second kappa shape index (κ2) is 5.46. The lowest BCUT2D eigenvalue weighted by molar-refractivity contribution is 0.0697. The van der Waals surface area contributed by atoms with Crippen molar-refractivity contribution in [1.82, 2.24) is 9.55 Å². The highest BCUT2D eigenvalue weighted by Crippen LogP contribution is 2.41. The number of aromatic nitrogens is 2. The Balaban J connectivity index is 2.15. The third kappa shape index (κ3) is 2.52. The maximum Gasteiger partial charge on any atom is 0.335 e. The smallest absolute Gasteiger partial charge is 0.335 e. The summed E-state index contributed by atoms with van der Waals surface area (Å²) in [5.74, 6) is 0.357. The number of methoxy groups -OCH3 is 1. The van der Waals surface area contributed by atoms with Crippen molar-refractivity contribution in [3.8, 4) is 0 Å². The van der Waals surface area contributed by atoms with Gasteiger partial charge in [-0.05, 0) is 31.0 Å². The van der Waals surface area contributed by atoms with Gasteiger partial charge < -0.3 is 19.5 Å². The fourth-order valence-corrected chi connectivity index (χ4v) is 2.66. The Labute approximate surface area is 122 Å². The van der Waals surface area contributed by atoms with E-state index in [1.807, 2.05) is 4.57 Å². The molecule has 112 valence electrons. The Bertz CT molecular complexity index is 676. The van der Waals surface area contributed by atoms with Gasteiger partial charge in [0.2, 0.25) is 0 Å². The summed E-state index contributed by atoms with van der Waals surface area (Å²) in [4.78, 5) is 15.7. The molecule has 21 heavy (non-hydrogen) atoms. The first-order valence-electron chi connectivity index (χ1n) is 7.00. The Morgan fingerprint density at radius 3 is 2.86 bits per heavy atom. The van der Waals surface area contributed by atoms with Crippen LogP contribution in [-0.4, -0.2) is 46.1 Å². The van der Waals surface area contributed by atoms with Gasteiger partial charge in [0.05, 0.1) is 35.9 Å². The third-order valence-corrected chi connectivity index (χ3v) is 3.84. The number of benzene rings is 1. The zero-order valence-corrected chi connectivity index (χ0v) is 11.8. The summed E-state index contributed by atoms with van der Waals surface area (Å²) < 4.78 is 7.18. The highest BCUT2D eigenvalue weighted by molar-refractivity contribution is 5.92. The van der Waals surface area contributed by atoms with Crippen molar-refractivity contribution in [2.24, 2.45) is 0 Å². The topological polar surface area (TPSA) is 84.6 Å².